The van der Waals surface area contributed by atoms with Crippen LogP contribution < -0.4 is 9.47 Å². The molecule has 25 heavy (non-hydrogen) atoms. The predicted molar refractivity (Wildman–Crippen MR) is 94.8 cm³/mol. The van der Waals surface area contributed by atoms with Crippen LogP contribution in [0.15, 0.2) is 47.8 Å². The number of nitrogens with zero attached hydrogens (tertiary/aromatic N) is 1. The molecule has 0 saturated carbocycles. The van der Waals surface area contributed by atoms with Gasteiger partial charge in [0, 0.05) is 10.9 Å². The monoisotopic (exact) mass is 357 g/mol. The highest BCUT2D eigenvalue weighted by Gasteiger charge is 2.12. The van der Waals surface area contributed by atoms with Gasteiger partial charge in [0.15, 0.2) is 5.78 Å². The molecule has 4 nitrogen and oxygen atoms in total. The van der Waals surface area contributed by atoms with E-state index in [0.29, 0.717) is 5.75 Å². The van der Waals surface area contributed by atoms with E-state index in [2.05, 4.69) is 4.98 Å². The lowest BCUT2D eigenvalue weighted by Gasteiger charge is -2.08. The van der Waals surface area contributed by atoms with E-state index in [1.54, 1.807) is 7.11 Å². The number of carbonyl (C=O) groups is 1. The number of hydrogen-bond acceptors (Lipinski definition) is 5. The van der Waals surface area contributed by atoms with Crippen LogP contribution in [0.3, 0.4) is 0 Å². The highest BCUT2D eigenvalue weighted by Crippen LogP contribution is 2.28. The Hall–Kier alpha value is -2.73. The van der Waals surface area contributed by atoms with Gasteiger partial charge in [0.2, 0.25) is 0 Å². The minimum absolute atomic E-state index is 0.201. The second-order valence-corrected chi connectivity index (χ2v) is 6.22. The van der Waals surface area contributed by atoms with Gasteiger partial charge in [0.1, 0.15) is 28.9 Å². The Balaban J connectivity index is 1.75. The quantitative estimate of drug-likeness (QED) is 0.598. The number of ether oxygens (including phenoxy) is 2. The lowest BCUT2D eigenvalue weighted by molar-refractivity contribution is 0.101. The molecule has 0 bridgehead atoms. The average molecular weight is 357 g/mol. The lowest BCUT2D eigenvalue weighted by atomic mass is 10.1. The molecule has 0 unspecified atom stereocenters. The Labute approximate surface area is 148 Å². The van der Waals surface area contributed by atoms with Gasteiger partial charge in [0.25, 0.3) is 0 Å². The molecule has 0 radical (unpaired) electrons. The summed E-state index contributed by atoms with van der Waals surface area (Å²) in [6, 6.07) is 11.6. The first-order valence-corrected chi connectivity index (χ1v) is 8.47. The Morgan fingerprint density at radius 3 is 2.84 bits per heavy atom. The Bertz CT molecular complexity index is 907. The number of hydrogen-bond donors (Lipinski definition) is 0. The van der Waals surface area contributed by atoms with Gasteiger partial charge in [-0.15, -0.1) is 11.3 Å². The molecule has 1 heterocycles. The number of halogens is 1. The van der Waals surface area contributed by atoms with Crippen LogP contribution >= 0.6 is 11.3 Å². The van der Waals surface area contributed by atoms with Crippen molar-refractivity contribution in [3.63, 3.8) is 0 Å². The molecular formula is C19H16FNO3S. The van der Waals surface area contributed by atoms with Crippen molar-refractivity contribution in [1.82, 2.24) is 4.98 Å². The first-order valence-electron chi connectivity index (χ1n) is 7.59. The summed E-state index contributed by atoms with van der Waals surface area (Å²) >= 11 is 1.50. The maximum atomic E-state index is 13.3. The fraction of sp³-hybridized carbons (Fsp3) is 0.158. The summed E-state index contributed by atoms with van der Waals surface area (Å²) in [7, 11) is 1.62. The van der Waals surface area contributed by atoms with Crippen LogP contribution in [0.5, 0.6) is 11.5 Å². The molecule has 0 aliphatic carbocycles. The third kappa shape index (κ3) is 4.03. The molecule has 3 aromatic rings. The molecule has 0 spiro atoms. The number of aromatic nitrogens is 1. The van der Waals surface area contributed by atoms with E-state index in [1.807, 2.05) is 29.6 Å². The Morgan fingerprint density at radius 1 is 1.24 bits per heavy atom. The van der Waals surface area contributed by atoms with Crippen molar-refractivity contribution < 1.29 is 18.7 Å². The zero-order valence-electron chi connectivity index (χ0n) is 13.8. The highest BCUT2D eigenvalue weighted by molar-refractivity contribution is 7.13. The summed E-state index contributed by atoms with van der Waals surface area (Å²) in [6.45, 7) is 1.58. The zero-order valence-corrected chi connectivity index (χ0v) is 14.6. The van der Waals surface area contributed by atoms with Crippen molar-refractivity contribution in [1.29, 1.82) is 0 Å². The van der Waals surface area contributed by atoms with E-state index < -0.39 is 5.82 Å². The molecule has 0 amide bonds. The summed E-state index contributed by atoms with van der Waals surface area (Å²) in [5, 5.41) is 2.74. The molecule has 0 fully saturated rings. The van der Waals surface area contributed by atoms with Crippen LogP contribution in [0, 0.1) is 5.82 Å². The van der Waals surface area contributed by atoms with Crippen LogP contribution in [-0.4, -0.2) is 17.9 Å². The molecule has 1 aromatic heterocycles. The number of Topliss-reactive ketones (excluding diaryl/α,β-unsaturated/α-hetero) is 1. The number of carbonyl (C=O) groups excluding carboxylic acids is 1. The van der Waals surface area contributed by atoms with Crippen molar-refractivity contribution in [3.05, 3.63) is 64.9 Å². The van der Waals surface area contributed by atoms with E-state index in [-0.39, 0.29) is 18.0 Å². The number of methoxy groups -OCH3 is 1. The first kappa shape index (κ1) is 17.1. The summed E-state index contributed by atoms with van der Waals surface area (Å²) in [4.78, 5) is 16.1. The van der Waals surface area contributed by atoms with Crippen LogP contribution in [-0.2, 0) is 6.61 Å². The van der Waals surface area contributed by atoms with Crippen LogP contribution in [0.25, 0.3) is 10.6 Å². The third-order valence-corrected chi connectivity index (χ3v) is 4.51. The summed E-state index contributed by atoms with van der Waals surface area (Å²) < 4.78 is 24.2. The predicted octanol–water partition coefficient (Wildman–Crippen LogP) is 4.74. The minimum Gasteiger partial charge on any atom is -0.497 e. The Kier molecular flexibility index (Phi) is 5.09. The van der Waals surface area contributed by atoms with E-state index in [4.69, 9.17) is 9.47 Å². The summed E-state index contributed by atoms with van der Waals surface area (Å²) in [5.74, 6) is 0.407. The van der Waals surface area contributed by atoms with Crippen molar-refractivity contribution in [2.75, 3.05) is 7.11 Å². The van der Waals surface area contributed by atoms with Gasteiger partial charge in [-0.3, -0.25) is 4.79 Å². The van der Waals surface area contributed by atoms with Crippen LogP contribution in [0.2, 0.25) is 0 Å². The molecule has 0 N–H and O–H groups in total. The molecule has 3 rings (SSSR count). The standard InChI is InChI=1S/C19H16FNO3S/c1-12(22)17-9-14(20)6-7-18(17)24-10-15-11-25-19(21-15)13-4-3-5-16(8-13)23-2/h3-9,11H,10H2,1-2H3. The number of benzene rings is 2. The van der Waals surface area contributed by atoms with Gasteiger partial charge < -0.3 is 9.47 Å². The van der Waals surface area contributed by atoms with Gasteiger partial charge in [-0.05, 0) is 37.3 Å². The SMILES string of the molecule is COc1cccc(-c2nc(COc3ccc(F)cc3C(C)=O)cs2)c1. The normalized spacial score (nSPS) is 10.5. The van der Waals surface area contributed by atoms with Crippen molar-refractivity contribution >= 4 is 17.1 Å². The maximum Gasteiger partial charge on any atom is 0.163 e. The lowest BCUT2D eigenvalue weighted by Crippen LogP contribution is -2.02. The molecule has 6 heteroatoms. The molecule has 0 aliphatic rings. The van der Waals surface area contributed by atoms with Gasteiger partial charge in [-0.2, -0.15) is 0 Å². The second kappa shape index (κ2) is 7.44. The van der Waals surface area contributed by atoms with E-state index in [0.717, 1.165) is 22.0 Å². The number of ketones is 1. The maximum absolute atomic E-state index is 13.3. The van der Waals surface area contributed by atoms with E-state index in [9.17, 15) is 9.18 Å². The van der Waals surface area contributed by atoms with Crippen LogP contribution in [0.1, 0.15) is 23.0 Å². The average Bonchev–Trinajstić information content (AvgIpc) is 3.09. The number of rotatable bonds is 6. The molecule has 0 saturated heterocycles. The van der Waals surface area contributed by atoms with Crippen molar-refractivity contribution in [2.24, 2.45) is 0 Å². The smallest absolute Gasteiger partial charge is 0.163 e. The fourth-order valence-corrected chi connectivity index (χ4v) is 3.12. The summed E-state index contributed by atoms with van der Waals surface area (Å²) in [6.07, 6.45) is 0. The van der Waals surface area contributed by atoms with Gasteiger partial charge >= 0.3 is 0 Å². The second-order valence-electron chi connectivity index (χ2n) is 5.36. The topological polar surface area (TPSA) is 48.4 Å². The largest absolute Gasteiger partial charge is 0.497 e. The third-order valence-electron chi connectivity index (χ3n) is 3.56. The highest BCUT2D eigenvalue weighted by atomic mass is 32.1. The molecule has 0 atom stereocenters. The van der Waals surface area contributed by atoms with Gasteiger partial charge in [0.05, 0.1) is 18.4 Å². The number of thiazole rings is 1. The minimum atomic E-state index is -0.466. The molecular weight excluding hydrogens is 341 g/mol. The van der Waals surface area contributed by atoms with Gasteiger partial charge in [-0.25, -0.2) is 9.37 Å². The fourth-order valence-electron chi connectivity index (χ4n) is 2.32. The van der Waals surface area contributed by atoms with Crippen molar-refractivity contribution in [2.45, 2.75) is 13.5 Å². The molecule has 128 valence electrons. The van der Waals surface area contributed by atoms with Crippen LogP contribution in [0.4, 0.5) is 4.39 Å². The Morgan fingerprint density at radius 2 is 2.08 bits per heavy atom. The molecule has 0 aliphatic heterocycles. The zero-order chi connectivity index (χ0) is 17.8. The van der Waals surface area contributed by atoms with E-state index >= 15 is 0 Å². The van der Waals surface area contributed by atoms with Gasteiger partial charge in [-0.1, -0.05) is 12.1 Å². The van der Waals surface area contributed by atoms with E-state index in [1.165, 1.54) is 36.5 Å². The van der Waals surface area contributed by atoms with Crippen molar-refractivity contribution in [3.8, 4) is 22.1 Å². The molecule has 2 aromatic carbocycles. The summed E-state index contributed by atoms with van der Waals surface area (Å²) in [5.41, 5.74) is 1.92. The first-order chi connectivity index (χ1) is 12.1.